The third-order valence-corrected chi connectivity index (χ3v) is 3.96. The first-order valence-corrected chi connectivity index (χ1v) is 6.50. The summed E-state index contributed by atoms with van der Waals surface area (Å²) < 4.78 is 37.2. The van der Waals surface area contributed by atoms with Gasteiger partial charge in [-0.15, -0.1) is 0 Å². The lowest BCUT2D eigenvalue weighted by molar-refractivity contribution is -0.149. The van der Waals surface area contributed by atoms with Crippen LogP contribution in [0.3, 0.4) is 0 Å². The van der Waals surface area contributed by atoms with Crippen LogP contribution in [0, 0.1) is 5.92 Å². The molecule has 1 aliphatic heterocycles. The fourth-order valence-corrected chi connectivity index (χ4v) is 3.33. The summed E-state index contributed by atoms with van der Waals surface area (Å²) in [5.41, 5.74) is 5.89. The van der Waals surface area contributed by atoms with Crippen molar-refractivity contribution in [1.29, 1.82) is 0 Å². The van der Waals surface area contributed by atoms with Crippen molar-refractivity contribution in [3.05, 3.63) is 0 Å². The molecule has 0 bridgehead atoms. The Labute approximate surface area is 100 Å². The Morgan fingerprint density at radius 2 is 1.76 bits per heavy atom. The van der Waals surface area contributed by atoms with Gasteiger partial charge < -0.3 is 5.73 Å². The van der Waals surface area contributed by atoms with Gasteiger partial charge in [-0.2, -0.15) is 13.2 Å². The van der Waals surface area contributed by atoms with Gasteiger partial charge in [-0.1, -0.05) is 12.8 Å². The monoisotopic (exact) mass is 250 g/mol. The Kier molecular flexibility index (Phi) is 3.98. The molecular weight excluding hydrogens is 229 g/mol. The highest BCUT2D eigenvalue weighted by Crippen LogP contribution is 2.33. The molecule has 0 aromatic carbocycles. The average Bonchev–Trinajstić information content (AvgIpc) is 2.65. The van der Waals surface area contributed by atoms with Crippen LogP contribution < -0.4 is 5.73 Å². The second-order valence-electron chi connectivity index (χ2n) is 5.57. The number of hydrogen-bond donors (Lipinski definition) is 1. The summed E-state index contributed by atoms with van der Waals surface area (Å²) in [6.07, 6.45) is 0.466. The molecule has 1 heterocycles. The van der Waals surface area contributed by atoms with Crippen molar-refractivity contribution in [3.8, 4) is 0 Å². The van der Waals surface area contributed by atoms with Gasteiger partial charge in [0.25, 0.3) is 0 Å². The van der Waals surface area contributed by atoms with Crippen LogP contribution in [0.4, 0.5) is 13.2 Å². The average molecular weight is 250 g/mol. The molecular formula is C12H21F3N2. The SMILES string of the molecule is NC1CC(CC(F)(F)F)CN(C2CCCC2)C1. The fourth-order valence-electron chi connectivity index (χ4n) is 3.33. The molecule has 2 fully saturated rings. The molecule has 2 N–H and O–H groups in total. The van der Waals surface area contributed by atoms with Crippen molar-refractivity contribution in [2.24, 2.45) is 11.7 Å². The Balaban J connectivity index is 1.91. The summed E-state index contributed by atoms with van der Waals surface area (Å²) in [5, 5.41) is 0. The molecule has 2 atom stereocenters. The number of nitrogens with zero attached hydrogens (tertiary/aromatic N) is 1. The minimum atomic E-state index is -4.05. The van der Waals surface area contributed by atoms with Gasteiger partial charge in [0.2, 0.25) is 0 Å². The van der Waals surface area contributed by atoms with Crippen molar-refractivity contribution in [2.45, 2.75) is 56.8 Å². The van der Waals surface area contributed by atoms with E-state index in [1.54, 1.807) is 0 Å². The number of hydrogen-bond acceptors (Lipinski definition) is 2. The summed E-state index contributed by atoms with van der Waals surface area (Å²) in [7, 11) is 0. The fraction of sp³-hybridized carbons (Fsp3) is 1.00. The van der Waals surface area contributed by atoms with Crippen LogP contribution in [0.25, 0.3) is 0 Å². The van der Waals surface area contributed by atoms with E-state index in [0.717, 1.165) is 19.4 Å². The maximum absolute atomic E-state index is 12.4. The third kappa shape index (κ3) is 3.85. The van der Waals surface area contributed by atoms with Crippen molar-refractivity contribution in [3.63, 3.8) is 0 Å². The first-order valence-electron chi connectivity index (χ1n) is 6.50. The summed E-state index contributed by atoms with van der Waals surface area (Å²) in [6.45, 7) is 1.36. The van der Waals surface area contributed by atoms with E-state index in [1.807, 2.05) is 0 Å². The highest BCUT2D eigenvalue weighted by Gasteiger charge is 2.37. The van der Waals surface area contributed by atoms with Gasteiger partial charge in [0.15, 0.2) is 0 Å². The van der Waals surface area contributed by atoms with Gasteiger partial charge in [0, 0.05) is 31.6 Å². The summed E-state index contributed by atoms with van der Waals surface area (Å²) in [4.78, 5) is 2.21. The van der Waals surface area contributed by atoms with Crippen LogP contribution in [0.15, 0.2) is 0 Å². The predicted molar refractivity (Wildman–Crippen MR) is 60.6 cm³/mol. The van der Waals surface area contributed by atoms with E-state index in [2.05, 4.69) is 4.90 Å². The molecule has 5 heteroatoms. The molecule has 2 rings (SSSR count). The molecule has 2 unspecified atom stereocenters. The number of nitrogens with two attached hydrogens (primary N) is 1. The van der Waals surface area contributed by atoms with Crippen molar-refractivity contribution in [2.75, 3.05) is 13.1 Å². The lowest BCUT2D eigenvalue weighted by Crippen LogP contribution is -2.51. The molecule has 100 valence electrons. The van der Waals surface area contributed by atoms with Gasteiger partial charge in [-0.25, -0.2) is 0 Å². The largest absolute Gasteiger partial charge is 0.389 e. The molecule has 1 aliphatic carbocycles. The first-order chi connectivity index (χ1) is 7.94. The molecule has 2 nitrogen and oxygen atoms in total. The van der Waals surface area contributed by atoms with Gasteiger partial charge in [0.05, 0.1) is 0 Å². The zero-order valence-corrected chi connectivity index (χ0v) is 10.0. The summed E-state index contributed by atoms with van der Waals surface area (Å²) >= 11 is 0. The van der Waals surface area contributed by atoms with Crippen LogP contribution in [-0.4, -0.2) is 36.2 Å². The minimum Gasteiger partial charge on any atom is -0.327 e. The number of halogens is 3. The maximum Gasteiger partial charge on any atom is 0.389 e. The number of likely N-dealkylation sites (tertiary alicyclic amines) is 1. The normalized spacial score (nSPS) is 33.2. The van der Waals surface area contributed by atoms with Crippen LogP contribution in [0.5, 0.6) is 0 Å². The van der Waals surface area contributed by atoms with E-state index < -0.39 is 12.6 Å². The Morgan fingerprint density at radius 3 is 2.35 bits per heavy atom. The lowest BCUT2D eigenvalue weighted by Gasteiger charge is -2.40. The van der Waals surface area contributed by atoms with Crippen molar-refractivity contribution < 1.29 is 13.2 Å². The third-order valence-electron chi connectivity index (χ3n) is 3.96. The predicted octanol–water partition coefficient (Wildman–Crippen LogP) is 2.53. The lowest BCUT2D eigenvalue weighted by atomic mass is 9.90. The molecule has 0 amide bonds. The van der Waals surface area contributed by atoms with Crippen molar-refractivity contribution >= 4 is 0 Å². The molecule has 1 saturated carbocycles. The zero-order valence-electron chi connectivity index (χ0n) is 10.0. The van der Waals surface area contributed by atoms with E-state index in [0.29, 0.717) is 19.0 Å². The summed E-state index contributed by atoms with van der Waals surface area (Å²) in [5.74, 6) is -0.306. The van der Waals surface area contributed by atoms with E-state index in [1.165, 1.54) is 12.8 Å². The molecule has 17 heavy (non-hydrogen) atoms. The highest BCUT2D eigenvalue weighted by molar-refractivity contribution is 4.88. The van der Waals surface area contributed by atoms with Gasteiger partial charge in [0.1, 0.15) is 0 Å². The Hall–Kier alpha value is -0.290. The minimum absolute atomic E-state index is 0.0864. The highest BCUT2D eigenvalue weighted by atomic mass is 19.4. The standard InChI is InChI=1S/C12H21F3N2/c13-12(14,15)6-9-5-10(16)8-17(7-9)11-3-1-2-4-11/h9-11H,1-8,16H2. The van der Waals surface area contributed by atoms with E-state index in [9.17, 15) is 13.2 Å². The van der Waals surface area contributed by atoms with Crippen LogP contribution in [0.2, 0.25) is 0 Å². The number of piperidine rings is 1. The number of alkyl halides is 3. The molecule has 1 saturated heterocycles. The smallest absolute Gasteiger partial charge is 0.327 e. The quantitative estimate of drug-likeness (QED) is 0.816. The van der Waals surface area contributed by atoms with Crippen LogP contribution >= 0.6 is 0 Å². The molecule has 0 spiro atoms. The van der Waals surface area contributed by atoms with Crippen LogP contribution in [-0.2, 0) is 0 Å². The Morgan fingerprint density at radius 1 is 1.12 bits per heavy atom. The van der Waals surface area contributed by atoms with Crippen LogP contribution in [0.1, 0.15) is 38.5 Å². The second kappa shape index (κ2) is 5.14. The van der Waals surface area contributed by atoms with Gasteiger partial charge in [-0.05, 0) is 25.2 Å². The van der Waals surface area contributed by atoms with Crippen molar-refractivity contribution in [1.82, 2.24) is 4.90 Å². The second-order valence-corrected chi connectivity index (χ2v) is 5.57. The first kappa shape index (κ1) is 13.1. The molecule has 0 radical (unpaired) electrons. The summed E-state index contributed by atoms with van der Waals surface area (Å²) in [6, 6.07) is 0.397. The molecule has 0 aromatic rings. The molecule has 0 aromatic heterocycles. The topological polar surface area (TPSA) is 29.3 Å². The zero-order chi connectivity index (χ0) is 12.5. The number of rotatable bonds is 2. The maximum atomic E-state index is 12.4. The van der Waals surface area contributed by atoms with Gasteiger partial charge >= 0.3 is 6.18 Å². The van der Waals surface area contributed by atoms with Gasteiger partial charge in [-0.3, -0.25) is 4.90 Å². The van der Waals surface area contributed by atoms with E-state index >= 15 is 0 Å². The molecule has 2 aliphatic rings. The van der Waals surface area contributed by atoms with E-state index in [4.69, 9.17) is 5.73 Å². The van der Waals surface area contributed by atoms with E-state index in [-0.39, 0.29) is 12.0 Å². The Bertz CT molecular complexity index is 249.